The molecule has 16 heteroatoms. The van der Waals surface area contributed by atoms with Crippen LogP contribution in [0.3, 0.4) is 0 Å². The number of carbonyl (C=O) groups excluding carboxylic acids is 3. The third-order valence-corrected chi connectivity index (χ3v) is 7.12. The topological polar surface area (TPSA) is 94.2 Å². The van der Waals surface area contributed by atoms with Crippen LogP contribution in [0.1, 0.15) is 13.8 Å². The van der Waals surface area contributed by atoms with Crippen LogP contribution in [-0.4, -0.2) is 81.9 Å². The normalized spacial score (nSPS) is 24.0. The summed E-state index contributed by atoms with van der Waals surface area (Å²) in [6.07, 6.45) is -7.62. The average Bonchev–Trinajstić information content (AvgIpc) is 3.15. The van der Waals surface area contributed by atoms with Crippen molar-refractivity contribution in [2.45, 2.75) is 40.2 Å². The molecule has 2 aliphatic rings. The van der Waals surface area contributed by atoms with Gasteiger partial charge in [0.2, 0.25) is 5.91 Å². The summed E-state index contributed by atoms with van der Waals surface area (Å²) in [6, 6.07) is 6.74. The molecular formula is C21H24Br3F4N5O4. The molecule has 37 heavy (non-hydrogen) atoms. The summed E-state index contributed by atoms with van der Waals surface area (Å²) >= 11 is 9.36. The first-order valence-corrected chi connectivity index (χ1v) is 13.3. The molecule has 2 N–H and O–H groups in total. The highest BCUT2D eigenvalue weighted by atomic mass is 80.0. The van der Waals surface area contributed by atoms with Gasteiger partial charge in [-0.3, -0.25) is 14.5 Å². The van der Waals surface area contributed by atoms with Gasteiger partial charge in [0.25, 0.3) is 0 Å². The Bertz CT molecular complexity index is 1020. The summed E-state index contributed by atoms with van der Waals surface area (Å²) in [4.78, 5) is 39.2. The first kappa shape index (κ1) is 29.9. The van der Waals surface area contributed by atoms with E-state index in [0.717, 1.165) is 4.90 Å². The lowest BCUT2D eigenvalue weighted by Gasteiger charge is -2.49. The third-order valence-electron chi connectivity index (χ3n) is 5.82. The van der Waals surface area contributed by atoms with Crippen LogP contribution in [-0.2, 0) is 14.3 Å². The number of carbonyl (C=O) groups is 3. The zero-order valence-electron chi connectivity index (χ0n) is 19.6. The quantitative estimate of drug-likeness (QED) is 0.264. The molecule has 0 spiro atoms. The molecule has 1 aromatic carbocycles. The van der Waals surface area contributed by atoms with Crippen LogP contribution in [0.2, 0.25) is 0 Å². The van der Waals surface area contributed by atoms with E-state index in [1.807, 2.05) is 5.32 Å². The van der Waals surface area contributed by atoms with Crippen molar-refractivity contribution in [2.24, 2.45) is 0 Å². The van der Waals surface area contributed by atoms with Gasteiger partial charge in [-0.05, 0) is 31.2 Å². The summed E-state index contributed by atoms with van der Waals surface area (Å²) in [5.74, 6) is -4.58. The van der Waals surface area contributed by atoms with Gasteiger partial charge in [-0.15, -0.1) is 0 Å². The molecule has 9 nitrogen and oxygen atoms in total. The number of anilines is 2. The zero-order chi connectivity index (χ0) is 27.8. The number of piperazine rings is 1. The molecule has 2 saturated heterocycles. The van der Waals surface area contributed by atoms with Gasteiger partial charge in [-0.25, -0.2) is 14.1 Å². The Labute approximate surface area is 235 Å². The van der Waals surface area contributed by atoms with Crippen molar-refractivity contribution in [1.29, 1.82) is 0 Å². The minimum absolute atomic E-state index is 0.0224. The van der Waals surface area contributed by atoms with E-state index in [2.05, 4.69) is 53.1 Å². The Balaban J connectivity index is 1.69. The molecule has 0 saturated carbocycles. The van der Waals surface area contributed by atoms with Crippen molar-refractivity contribution in [1.82, 2.24) is 15.5 Å². The van der Waals surface area contributed by atoms with Crippen molar-refractivity contribution in [2.75, 3.05) is 42.5 Å². The van der Waals surface area contributed by atoms with Crippen molar-refractivity contribution < 1.29 is 36.7 Å². The van der Waals surface area contributed by atoms with Gasteiger partial charge in [-0.1, -0.05) is 47.8 Å². The maximum absolute atomic E-state index is 15.8. The van der Waals surface area contributed by atoms with E-state index in [-0.39, 0.29) is 38.6 Å². The molecule has 2 heterocycles. The SMILES string of the molecule is CC(=O)NCC1CN(c2ccc(N3CCN(C(NC(=O)C(F)(F)F)C(Br)(Br)Br)[C@@](C)(F)C3)cc2)C(=O)O1. The van der Waals surface area contributed by atoms with Crippen LogP contribution in [0.4, 0.5) is 33.7 Å². The number of rotatable bonds is 6. The third kappa shape index (κ3) is 7.47. The molecular weight excluding hydrogens is 702 g/mol. The fourth-order valence-corrected chi connectivity index (χ4v) is 5.17. The summed E-state index contributed by atoms with van der Waals surface area (Å²) < 4.78 is 58.3. The highest BCUT2D eigenvalue weighted by Crippen LogP contribution is 2.42. The number of amides is 3. The molecule has 2 fully saturated rings. The number of hydrogen-bond donors (Lipinski definition) is 2. The maximum atomic E-state index is 15.8. The van der Waals surface area contributed by atoms with Crippen LogP contribution in [0.15, 0.2) is 24.3 Å². The summed E-state index contributed by atoms with van der Waals surface area (Å²) in [5, 5.41) is 4.43. The number of cyclic esters (lactones) is 1. The Kier molecular flexibility index (Phi) is 9.07. The summed E-state index contributed by atoms with van der Waals surface area (Å²) in [7, 11) is 0. The molecule has 0 radical (unpaired) electrons. The molecule has 3 amide bonds. The number of nitrogens with one attached hydrogen (secondary N) is 2. The monoisotopic (exact) mass is 723 g/mol. The Morgan fingerprint density at radius 1 is 1.16 bits per heavy atom. The maximum Gasteiger partial charge on any atom is 0.471 e. The van der Waals surface area contributed by atoms with Gasteiger partial charge < -0.3 is 20.3 Å². The van der Waals surface area contributed by atoms with Gasteiger partial charge in [0.15, 0.2) is 7.94 Å². The zero-order valence-corrected chi connectivity index (χ0v) is 24.4. The van der Waals surface area contributed by atoms with E-state index in [9.17, 15) is 27.6 Å². The first-order chi connectivity index (χ1) is 17.0. The number of nitrogens with zero attached hydrogens (tertiary/aromatic N) is 3. The average molecular weight is 726 g/mol. The second kappa shape index (κ2) is 11.2. The fraction of sp³-hybridized carbons (Fsp3) is 0.571. The second-order valence-electron chi connectivity index (χ2n) is 8.74. The number of ether oxygens (including phenoxy) is 1. The van der Waals surface area contributed by atoms with E-state index in [0.29, 0.717) is 11.4 Å². The minimum Gasteiger partial charge on any atom is -0.442 e. The Hall–Kier alpha value is -1.65. The molecule has 0 aromatic heterocycles. The van der Waals surface area contributed by atoms with Crippen LogP contribution in [0.25, 0.3) is 0 Å². The van der Waals surface area contributed by atoms with Crippen molar-refractivity contribution >= 4 is 77.1 Å². The first-order valence-electron chi connectivity index (χ1n) is 11.0. The van der Waals surface area contributed by atoms with Gasteiger partial charge in [0.1, 0.15) is 12.3 Å². The lowest BCUT2D eigenvalue weighted by Crippen LogP contribution is -2.68. The molecule has 206 valence electrons. The predicted molar refractivity (Wildman–Crippen MR) is 139 cm³/mol. The lowest BCUT2D eigenvalue weighted by molar-refractivity contribution is -0.177. The predicted octanol–water partition coefficient (Wildman–Crippen LogP) is 3.80. The summed E-state index contributed by atoms with van der Waals surface area (Å²) in [5.41, 5.74) is 1.19. The molecule has 0 bridgehead atoms. The fourth-order valence-electron chi connectivity index (χ4n) is 4.08. The number of hydrogen-bond acceptors (Lipinski definition) is 6. The second-order valence-corrected chi connectivity index (χ2v) is 15.7. The molecule has 3 atom stereocenters. The number of benzene rings is 1. The largest absolute Gasteiger partial charge is 0.471 e. The molecule has 2 unspecified atom stereocenters. The highest BCUT2D eigenvalue weighted by molar-refractivity contribution is 9.39. The standard InChI is InChI=1S/C21H24Br3F4N5O4/c1-12(34)29-9-15-10-32(18(36)37-15)14-5-3-13(4-6-14)31-7-8-33(19(2,25)11-31)16(20(22,23)24)30-17(35)21(26,27)28/h3-6,15-16H,7-11H2,1-2H3,(H,29,34)(H,30,35)/t15?,16?,19-/m1/s1. The van der Waals surface area contributed by atoms with E-state index in [1.54, 1.807) is 29.2 Å². The van der Waals surface area contributed by atoms with Gasteiger partial charge >= 0.3 is 18.2 Å². The van der Waals surface area contributed by atoms with Gasteiger partial charge in [-0.2, -0.15) is 13.2 Å². The van der Waals surface area contributed by atoms with Gasteiger partial charge in [0, 0.05) is 31.4 Å². The van der Waals surface area contributed by atoms with Crippen LogP contribution < -0.4 is 20.4 Å². The van der Waals surface area contributed by atoms with Crippen LogP contribution in [0.5, 0.6) is 0 Å². The van der Waals surface area contributed by atoms with E-state index in [4.69, 9.17) is 4.74 Å². The van der Waals surface area contributed by atoms with Crippen LogP contribution >= 0.6 is 47.8 Å². The number of alkyl halides is 7. The van der Waals surface area contributed by atoms with E-state index >= 15 is 4.39 Å². The number of halogens is 7. The Morgan fingerprint density at radius 2 is 1.76 bits per heavy atom. The lowest BCUT2D eigenvalue weighted by atomic mass is 10.1. The van der Waals surface area contributed by atoms with Crippen molar-refractivity contribution in [3.05, 3.63) is 24.3 Å². The van der Waals surface area contributed by atoms with Crippen LogP contribution in [0, 0.1) is 0 Å². The smallest absolute Gasteiger partial charge is 0.442 e. The van der Waals surface area contributed by atoms with E-state index in [1.165, 1.54) is 18.7 Å². The van der Waals surface area contributed by atoms with E-state index < -0.39 is 38.4 Å². The summed E-state index contributed by atoms with van der Waals surface area (Å²) in [6.45, 7) is 3.03. The molecule has 2 aliphatic heterocycles. The van der Waals surface area contributed by atoms with Crippen molar-refractivity contribution in [3.8, 4) is 0 Å². The molecule has 0 aliphatic carbocycles. The Morgan fingerprint density at radius 3 is 2.27 bits per heavy atom. The van der Waals surface area contributed by atoms with Gasteiger partial charge in [0.05, 0.1) is 19.6 Å². The molecule has 1 aromatic rings. The highest BCUT2D eigenvalue weighted by Gasteiger charge is 2.51. The molecule has 3 rings (SSSR count). The minimum atomic E-state index is -5.14. The van der Waals surface area contributed by atoms with Crippen molar-refractivity contribution in [3.63, 3.8) is 0 Å².